The monoisotopic (exact) mass is 653 g/mol. The summed E-state index contributed by atoms with van der Waals surface area (Å²) in [6.45, 7) is 0. The largest absolute Gasteiger partial charge is 0.309 e. The van der Waals surface area contributed by atoms with Gasteiger partial charge >= 0.3 is 0 Å². The maximum absolute atomic E-state index is 5.37. The minimum atomic E-state index is 0.408. The minimum absolute atomic E-state index is 0.408. The van der Waals surface area contributed by atoms with Crippen molar-refractivity contribution in [2.45, 2.75) is 37.5 Å². The Morgan fingerprint density at radius 3 is 1.73 bits per heavy atom. The van der Waals surface area contributed by atoms with Gasteiger partial charge in [-0.25, -0.2) is 9.97 Å². The average Bonchev–Trinajstić information content (AvgIpc) is 3.72. The molecule has 2 aliphatic rings. The molecule has 3 nitrogen and oxygen atoms in total. The normalized spacial score (nSPS) is 16.7. The SMILES string of the molecule is c1ccc2c(c1)-c1cccc3c(C4CCC(c5nc(-c6ccc(-n7c8ccccc8c8ccccc87)cc6)nc6ccccc56)CC4)ccc-2c13. The number of benzene rings is 7. The molecule has 242 valence electrons. The molecule has 2 heterocycles. The van der Waals surface area contributed by atoms with E-state index in [0.29, 0.717) is 11.8 Å². The van der Waals surface area contributed by atoms with E-state index in [9.17, 15) is 0 Å². The van der Waals surface area contributed by atoms with Crippen LogP contribution in [0.3, 0.4) is 0 Å². The average molecular weight is 654 g/mol. The van der Waals surface area contributed by atoms with Gasteiger partial charge in [0.2, 0.25) is 0 Å². The summed E-state index contributed by atoms with van der Waals surface area (Å²) >= 11 is 0. The van der Waals surface area contributed by atoms with Gasteiger partial charge < -0.3 is 4.57 Å². The maximum Gasteiger partial charge on any atom is 0.160 e. The van der Waals surface area contributed by atoms with E-state index in [0.717, 1.165) is 48.3 Å². The standard InChI is InChI=1S/C48H35N3/c1-2-11-36-35(10-1)40-16-9-15-39-34(28-29-41(36)46(39)40)30-20-22-31(23-21-30)47-42-14-3-6-17-43(42)49-48(50-47)32-24-26-33(27-25-32)51-44-18-7-4-12-37(44)38-13-5-8-19-45(38)51/h1-19,24-31H,20-23H2. The number of para-hydroxylation sites is 3. The fourth-order valence-corrected chi connectivity index (χ4v) is 9.37. The van der Waals surface area contributed by atoms with Gasteiger partial charge in [0, 0.05) is 33.3 Å². The maximum atomic E-state index is 5.37. The third-order valence-electron chi connectivity index (χ3n) is 11.7. The minimum Gasteiger partial charge on any atom is -0.309 e. The van der Waals surface area contributed by atoms with Crippen LogP contribution >= 0.6 is 0 Å². The number of fused-ring (bicyclic) bond motifs is 7. The molecule has 2 aliphatic carbocycles. The third-order valence-corrected chi connectivity index (χ3v) is 11.7. The van der Waals surface area contributed by atoms with Gasteiger partial charge in [0.25, 0.3) is 0 Å². The Bertz CT molecular complexity index is 2730. The van der Waals surface area contributed by atoms with Crippen LogP contribution < -0.4 is 0 Å². The number of hydrogen-bond donors (Lipinski definition) is 0. The van der Waals surface area contributed by atoms with Gasteiger partial charge in [0.1, 0.15) is 0 Å². The van der Waals surface area contributed by atoms with E-state index in [4.69, 9.17) is 9.97 Å². The number of hydrogen-bond acceptors (Lipinski definition) is 2. The van der Waals surface area contributed by atoms with E-state index < -0.39 is 0 Å². The molecule has 1 fully saturated rings. The lowest BCUT2D eigenvalue weighted by Crippen LogP contribution is -2.14. The molecule has 51 heavy (non-hydrogen) atoms. The highest BCUT2D eigenvalue weighted by atomic mass is 15.0. The fraction of sp³-hybridized carbons (Fsp3) is 0.125. The van der Waals surface area contributed by atoms with E-state index in [-0.39, 0.29) is 0 Å². The van der Waals surface area contributed by atoms with Crippen molar-refractivity contribution in [2.75, 3.05) is 0 Å². The summed E-state index contributed by atoms with van der Waals surface area (Å²) in [6, 6.07) is 55.3. The van der Waals surface area contributed by atoms with Gasteiger partial charge in [-0.2, -0.15) is 0 Å². The van der Waals surface area contributed by atoms with Crippen molar-refractivity contribution >= 4 is 43.5 Å². The van der Waals surface area contributed by atoms with Crippen LogP contribution in [0.5, 0.6) is 0 Å². The highest BCUT2D eigenvalue weighted by Gasteiger charge is 2.29. The first-order chi connectivity index (χ1) is 25.3. The van der Waals surface area contributed by atoms with Gasteiger partial charge in [0.15, 0.2) is 5.82 Å². The molecule has 0 amide bonds. The van der Waals surface area contributed by atoms with Crippen molar-refractivity contribution in [3.8, 4) is 39.3 Å². The van der Waals surface area contributed by atoms with Crippen LogP contribution in [0.25, 0.3) is 82.8 Å². The molecule has 0 N–H and O–H groups in total. The number of nitrogens with zero attached hydrogens (tertiary/aromatic N) is 3. The highest BCUT2D eigenvalue weighted by molar-refractivity contribution is 6.16. The van der Waals surface area contributed by atoms with E-state index in [1.165, 1.54) is 71.5 Å². The van der Waals surface area contributed by atoms with Crippen LogP contribution in [0.2, 0.25) is 0 Å². The zero-order valence-electron chi connectivity index (χ0n) is 28.3. The summed E-state index contributed by atoms with van der Waals surface area (Å²) in [6.07, 6.45) is 4.58. The quantitative estimate of drug-likeness (QED) is 0.189. The first-order valence-electron chi connectivity index (χ1n) is 18.3. The molecule has 0 unspecified atom stereocenters. The van der Waals surface area contributed by atoms with Crippen molar-refractivity contribution in [2.24, 2.45) is 0 Å². The van der Waals surface area contributed by atoms with Crippen LogP contribution in [0.1, 0.15) is 48.8 Å². The lowest BCUT2D eigenvalue weighted by molar-refractivity contribution is 0.394. The molecular weight excluding hydrogens is 619 g/mol. The molecule has 2 aromatic heterocycles. The van der Waals surface area contributed by atoms with Crippen molar-refractivity contribution in [3.63, 3.8) is 0 Å². The van der Waals surface area contributed by atoms with E-state index >= 15 is 0 Å². The third kappa shape index (κ3) is 4.37. The Morgan fingerprint density at radius 2 is 1.00 bits per heavy atom. The molecule has 0 atom stereocenters. The van der Waals surface area contributed by atoms with E-state index in [1.807, 2.05) is 0 Å². The molecule has 0 bridgehead atoms. The molecule has 0 saturated heterocycles. The van der Waals surface area contributed by atoms with Crippen LogP contribution in [0.15, 0.2) is 152 Å². The van der Waals surface area contributed by atoms with Gasteiger partial charge in [-0.05, 0) is 113 Å². The summed E-state index contributed by atoms with van der Waals surface area (Å²) in [5.74, 6) is 1.77. The van der Waals surface area contributed by atoms with Crippen LogP contribution in [0, 0.1) is 0 Å². The van der Waals surface area contributed by atoms with Crippen LogP contribution in [-0.4, -0.2) is 14.5 Å². The van der Waals surface area contributed by atoms with E-state index in [2.05, 4.69) is 156 Å². The Kier molecular flexibility index (Phi) is 6.33. The molecule has 11 rings (SSSR count). The van der Waals surface area contributed by atoms with Gasteiger partial charge in [0.05, 0.1) is 22.2 Å². The molecule has 0 aliphatic heterocycles. The molecule has 0 radical (unpaired) electrons. The van der Waals surface area contributed by atoms with E-state index in [1.54, 1.807) is 0 Å². The first-order valence-corrected chi connectivity index (χ1v) is 18.3. The second kappa shape index (κ2) is 11.2. The van der Waals surface area contributed by atoms with Crippen molar-refractivity contribution in [1.29, 1.82) is 0 Å². The summed E-state index contributed by atoms with van der Waals surface area (Å²) in [7, 11) is 0. The predicted octanol–water partition coefficient (Wildman–Crippen LogP) is 12.6. The number of aromatic nitrogens is 3. The van der Waals surface area contributed by atoms with Crippen molar-refractivity contribution < 1.29 is 0 Å². The first kappa shape index (κ1) is 28.7. The number of rotatable bonds is 4. The zero-order valence-corrected chi connectivity index (χ0v) is 28.3. The topological polar surface area (TPSA) is 30.7 Å². The smallest absolute Gasteiger partial charge is 0.160 e. The van der Waals surface area contributed by atoms with Gasteiger partial charge in [-0.1, -0.05) is 109 Å². The Balaban J connectivity index is 0.921. The molecule has 1 saturated carbocycles. The summed E-state index contributed by atoms with van der Waals surface area (Å²) in [5.41, 5.74) is 13.9. The molecule has 7 aromatic carbocycles. The van der Waals surface area contributed by atoms with Crippen LogP contribution in [0.4, 0.5) is 0 Å². The lowest BCUT2D eigenvalue weighted by atomic mass is 9.75. The molecule has 3 heteroatoms. The van der Waals surface area contributed by atoms with Crippen LogP contribution in [-0.2, 0) is 0 Å². The Labute approximate surface area is 296 Å². The Morgan fingerprint density at radius 1 is 0.431 bits per heavy atom. The highest BCUT2D eigenvalue weighted by Crippen LogP contribution is 2.50. The summed E-state index contributed by atoms with van der Waals surface area (Å²) in [4.78, 5) is 10.5. The summed E-state index contributed by atoms with van der Waals surface area (Å²) in [5, 5.41) is 6.61. The molecule has 0 spiro atoms. The van der Waals surface area contributed by atoms with Crippen molar-refractivity contribution in [3.05, 3.63) is 163 Å². The Hall–Kier alpha value is -6.06. The second-order valence-electron chi connectivity index (χ2n) is 14.4. The predicted molar refractivity (Wildman–Crippen MR) is 212 cm³/mol. The second-order valence-corrected chi connectivity index (χ2v) is 14.4. The molecule has 9 aromatic rings. The fourth-order valence-electron chi connectivity index (χ4n) is 9.37. The lowest BCUT2D eigenvalue weighted by Gasteiger charge is -2.30. The zero-order chi connectivity index (χ0) is 33.5. The molecular formula is C48H35N3. The van der Waals surface area contributed by atoms with Gasteiger partial charge in [-0.3, -0.25) is 0 Å². The van der Waals surface area contributed by atoms with Gasteiger partial charge in [-0.15, -0.1) is 0 Å². The summed E-state index contributed by atoms with van der Waals surface area (Å²) < 4.78 is 2.36. The van der Waals surface area contributed by atoms with Crippen molar-refractivity contribution in [1.82, 2.24) is 14.5 Å².